The molecule has 4 nitrogen and oxygen atoms in total. The fraction of sp³-hybridized carbons (Fsp3) is 0.375. The van der Waals surface area contributed by atoms with E-state index in [2.05, 4.69) is 39.6 Å². The first-order valence-corrected chi connectivity index (χ1v) is 7.06. The van der Waals surface area contributed by atoms with Crippen LogP contribution in [0, 0.1) is 6.92 Å². The van der Waals surface area contributed by atoms with Gasteiger partial charge in [0.1, 0.15) is 0 Å². The molecule has 0 bridgehead atoms. The minimum Gasteiger partial charge on any atom is -0.478 e. The molecule has 4 heteroatoms. The van der Waals surface area contributed by atoms with Crippen molar-refractivity contribution in [2.45, 2.75) is 26.2 Å². The molecule has 20 heavy (non-hydrogen) atoms. The second-order valence-electron chi connectivity index (χ2n) is 5.08. The highest BCUT2D eigenvalue weighted by Crippen LogP contribution is 2.34. The van der Waals surface area contributed by atoms with Crippen LogP contribution in [0.5, 0.6) is 5.88 Å². The molecular formula is C16H19N3O. The number of benzene rings is 1. The van der Waals surface area contributed by atoms with Gasteiger partial charge in [0.25, 0.3) is 0 Å². The molecular weight excluding hydrogens is 250 g/mol. The number of fused-ring (bicyclic) bond motifs is 1. The van der Waals surface area contributed by atoms with Crippen molar-refractivity contribution in [3.05, 3.63) is 47.2 Å². The van der Waals surface area contributed by atoms with E-state index >= 15 is 0 Å². The highest BCUT2D eigenvalue weighted by Gasteiger charge is 2.25. The molecule has 104 valence electrons. The number of hydrogen-bond acceptors (Lipinski definition) is 4. The van der Waals surface area contributed by atoms with Gasteiger partial charge >= 0.3 is 0 Å². The van der Waals surface area contributed by atoms with Crippen molar-refractivity contribution in [3.63, 3.8) is 0 Å². The molecule has 3 rings (SSSR count). The van der Waals surface area contributed by atoms with Crippen molar-refractivity contribution in [2.24, 2.45) is 0 Å². The van der Waals surface area contributed by atoms with E-state index in [4.69, 9.17) is 4.74 Å². The van der Waals surface area contributed by atoms with E-state index < -0.39 is 0 Å². The fourth-order valence-electron chi connectivity index (χ4n) is 2.60. The van der Waals surface area contributed by atoms with Crippen LogP contribution in [0.4, 0.5) is 5.95 Å². The lowest BCUT2D eigenvalue weighted by molar-refractivity contribution is 0.326. The topological polar surface area (TPSA) is 47.0 Å². The summed E-state index contributed by atoms with van der Waals surface area (Å²) in [6, 6.07) is 10.4. The van der Waals surface area contributed by atoms with Gasteiger partial charge in [-0.2, -0.15) is 4.98 Å². The summed E-state index contributed by atoms with van der Waals surface area (Å²) in [6.45, 7) is 5.39. The Balaban J connectivity index is 1.65. The highest BCUT2D eigenvalue weighted by atomic mass is 16.5. The van der Waals surface area contributed by atoms with E-state index in [9.17, 15) is 0 Å². The summed E-state index contributed by atoms with van der Waals surface area (Å²) in [7, 11) is 0. The molecule has 0 saturated carbocycles. The van der Waals surface area contributed by atoms with Crippen molar-refractivity contribution in [1.29, 1.82) is 0 Å². The van der Waals surface area contributed by atoms with Gasteiger partial charge in [0, 0.05) is 24.2 Å². The number of aryl methyl sites for hydroxylation is 1. The van der Waals surface area contributed by atoms with Gasteiger partial charge in [-0.05, 0) is 31.4 Å². The van der Waals surface area contributed by atoms with Crippen LogP contribution in [0.15, 0.2) is 30.3 Å². The first-order valence-electron chi connectivity index (χ1n) is 7.06. The number of nitrogens with one attached hydrogen (secondary N) is 1. The van der Waals surface area contributed by atoms with Crippen LogP contribution >= 0.6 is 0 Å². The van der Waals surface area contributed by atoms with Crippen LogP contribution in [-0.2, 0) is 6.42 Å². The zero-order valence-electron chi connectivity index (χ0n) is 11.9. The van der Waals surface area contributed by atoms with Gasteiger partial charge in [-0.15, -0.1) is 0 Å². The average molecular weight is 269 g/mol. The zero-order chi connectivity index (χ0) is 13.9. The first-order chi connectivity index (χ1) is 9.76. The van der Waals surface area contributed by atoms with E-state index in [-0.39, 0.29) is 0 Å². The standard InChI is InChI=1S/C16H19N3O/c1-3-20-15-8-11(2)18-16(19-15)17-10-13-9-12-6-4-5-7-14(12)13/h4-8,13H,3,9-10H2,1-2H3,(H,17,18,19). The molecule has 1 aromatic carbocycles. The van der Waals surface area contributed by atoms with E-state index in [1.807, 2.05) is 19.9 Å². The molecule has 0 radical (unpaired) electrons. The summed E-state index contributed by atoms with van der Waals surface area (Å²) >= 11 is 0. The molecule has 1 N–H and O–H groups in total. The maximum atomic E-state index is 5.44. The normalized spacial score (nSPS) is 16.2. The lowest BCUT2D eigenvalue weighted by atomic mass is 9.78. The molecule has 1 aliphatic rings. The van der Waals surface area contributed by atoms with Gasteiger partial charge in [0.15, 0.2) is 0 Å². The molecule has 0 saturated heterocycles. The molecule has 1 aromatic heterocycles. The molecule has 1 aliphatic carbocycles. The third kappa shape index (κ3) is 2.59. The largest absolute Gasteiger partial charge is 0.478 e. The molecule has 0 amide bonds. The van der Waals surface area contributed by atoms with E-state index in [0.29, 0.717) is 24.4 Å². The quantitative estimate of drug-likeness (QED) is 0.906. The average Bonchev–Trinajstić information content (AvgIpc) is 2.39. The Morgan fingerprint density at radius 1 is 1.30 bits per heavy atom. The van der Waals surface area contributed by atoms with Gasteiger partial charge in [-0.25, -0.2) is 4.98 Å². The maximum absolute atomic E-state index is 5.44. The third-order valence-corrected chi connectivity index (χ3v) is 3.59. The Labute approximate surface area is 119 Å². The van der Waals surface area contributed by atoms with Crippen LogP contribution in [0.25, 0.3) is 0 Å². The van der Waals surface area contributed by atoms with Gasteiger partial charge < -0.3 is 10.1 Å². The lowest BCUT2D eigenvalue weighted by Gasteiger charge is -2.30. The minimum atomic E-state index is 0.561. The molecule has 0 aliphatic heterocycles. The highest BCUT2D eigenvalue weighted by molar-refractivity contribution is 5.42. The molecule has 1 unspecified atom stereocenters. The summed E-state index contributed by atoms with van der Waals surface area (Å²) in [6.07, 6.45) is 1.13. The SMILES string of the molecule is CCOc1cc(C)nc(NCC2Cc3ccccc32)n1. The minimum absolute atomic E-state index is 0.561. The van der Waals surface area contributed by atoms with Crippen molar-refractivity contribution >= 4 is 5.95 Å². The number of ether oxygens (including phenoxy) is 1. The second-order valence-corrected chi connectivity index (χ2v) is 5.08. The predicted molar refractivity (Wildman–Crippen MR) is 79.3 cm³/mol. The molecule has 1 atom stereocenters. The van der Waals surface area contributed by atoms with Crippen LogP contribution < -0.4 is 10.1 Å². The number of hydrogen-bond donors (Lipinski definition) is 1. The molecule has 2 aromatic rings. The third-order valence-electron chi connectivity index (χ3n) is 3.59. The summed E-state index contributed by atoms with van der Waals surface area (Å²) < 4.78 is 5.44. The Morgan fingerprint density at radius 2 is 2.15 bits per heavy atom. The van der Waals surface area contributed by atoms with Crippen LogP contribution in [0.2, 0.25) is 0 Å². The summed E-state index contributed by atoms with van der Waals surface area (Å²) in [5, 5.41) is 3.32. The smallest absolute Gasteiger partial charge is 0.226 e. The molecule has 0 fully saturated rings. The van der Waals surface area contributed by atoms with Gasteiger partial charge in [-0.1, -0.05) is 24.3 Å². The lowest BCUT2D eigenvalue weighted by Crippen LogP contribution is -2.24. The van der Waals surface area contributed by atoms with E-state index in [1.165, 1.54) is 11.1 Å². The second kappa shape index (κ2) is 5.49. The zero-order valence-corrected chi connectivity index (χ0v) is 11.9. The van der Waals surface area contributed by atoms with Gasteiger partial charge in [0.2, 0.25) is 11.8 Å². The van der Waals surface area contributed by atoms with Gasteiger partial charge in [0.05, 0.1) is 6.61 Å². The Bertz CT molecular complexity index is 612. The monoisotopic (exact) mass is 269 g/mol. The summed E-state index contributed by atoms with van der Waals surface area (Å²) in [5.74, 6) is 1.85. The Hall–Kier alpha value is -2.10. The number of nitrogens with zero attached hydrogens (tertiary/aromatic N) is 2. The molecule has 0 spiro atoms. The van der Waals surface area contributed by atoms with Crippen LogP contribution in [0.1, 0.15) is 29.7 Å². The summed E-state index contributed by atoms with van der Waals surface area (Å²) in [4.78, 5) is 8.77. The Morgan fingerprint density at radius 3 is 2.95 bits per heavy atom. The number of aromatic nitrogens is 2. The van der Waals surface area contributed by atoms with E-state index in [1.54, 1.807) is 0 Å². The van der Waals surface area contributed by atoms with Crippen molar-refractivity contribution in [1.82, 2.24) is 9.97 Å². The maximum Gasteiger partial charge on any atom is 0.226 e. The predicted octanol–water partition coefficient (Wildman–Crippen LogP) is 2.94. The van der Waals surface area contributed by atoms with Gasteiger partial charge in [-0.3, -0.25) is 0 Å². The fourth-order valence-corrected chi connectivity index (χ4v) is 2.60. The Kier molecular flexibility index (Phi) is 3.54. The van der Waals surface area contributed by atoms with Crippen molar-refractivity contribution in [2.75, 3.05) is 18.5 Å². The van der Waals surface area contributed by atoms with Crippen molar-refractivity contribution < 1.29 is 4.74 Å². The van der Waals surface area contributed by atoms with Crippen LogP contribution in [-0.4, -0.2) is 23.1 Å². The number of anilines is 1. The van der Waals surface area contributed by atoms with E-state index in [0.717, 1.165) is 18.7 Å². The summed E-state index contributed by atoms with van der Waals surface area (Å²) in [5.41, 5.74) is 3.82. The first kappa shape index (κ1) is 12.9. The van der Waals surface area contributed by atoms with Crippen LogP contribution in [0.3, 0.4) is 0 Å². The molecule has 1 heterocycles. The number of rotatable bonds is 5. The van der Waals surface area contributed by atoms with Crippen molar-refractivity contribution in [3.8, 4) is 5.88 Å².